The van der Waals surface area contributed by atoms with Gasteiger partial charge in [-0.1, -0.05) is 51.9 Å². The molecule has 0 atom stereocenters. The van der Waals surface area contributed by atoms with Crippen LogP contribution in [0.5, 0.6) is 0 Å². The van der Waals surface area contributed by atoms with E-state index in [1.165, 1.54) is 52.7 Å². The van der Waals surface area contributed by atoms with Gasteiger partial charge in [0.2, 0.25) is 6.29 Å². The van der Waals surface area contributed by atoms with Crippen LogP contribution >= 0.6 is 0 Å². The number of ether oxygens (including phenoxy) is 2. The van der Waals surface area contributed by atoms with E-state index in [-0.39, 0.29) is 5.78 Å². The highest BCUT2D eigenvalue weighted by atomic mass is 16.7. The monoisotopic (exact) mass is 244 g/mol. The van der Waals surface area contributed by atoms with Crippen LogP contribution < -0.4 is 0 Å². The summed E-state index contributed by atoms with van der Waals surface area (Å²) in [5.74, 6) is 0.0565. The van der Waals surface area contributed by atoms with Crippen molar-refractivity contribution in [1.29, 1.82) is 0 Å². The lowest BCUT2D eigenvalue weighted by Crippen LogP contribution is -2.24. The number of carbonyl (C=O) groups excluding carboxylic acids is 1. The highest BCUT2D eigenvalue weighted by molar-refractivity contribution is 5.81. The number of hydrogen-bond donors (Lipinski definition) is 0. The predicted octanol–water partition coefficient (Wildman–Crippen LogP) is 3.71. The minimum atomic E-state index is -0.667. The largest absolute Gasteiger partial charge is 0.349 e. The standard InChI is InChI=1S/C14H28O3/c1-4-5-6-7-8-9-10-11-12-13(15)14(16-2)17-3/h14H,4-12H2,1-3H3. The summed E-state index contributed by atoms with van der Waals surface area (Å²) in [7, 11) is 3.00. The average Bonchev–Trinajstić information content (AvgIpc) is 2.34. The topological polar surface area (TPSA) is 35.5 Å². The van der Waals surface area contributed by atoms with Crippen molar-refractivity contribution >= 4 is 5.78 Å². The first kappa shape index (κ1) is 16.6. The molecule has 0 fully saturated rings. The second kappa shape index (κ2) is 12.1. The van der Waals surface area contributed by atoms with Crippen molar-refractivity contribution in [3.05, 3.63) is 0 Å². The molecule has 102 valence electrons. The van der Waals surface area contributed by atoms with E-state index >= 15 is 0 Å². The summed E-state index contributed by atoms with van der Waals surface area (Å²) < 4.78 is 9.82. The first-order valence-electron chi connectivity index (χ1n) is 6.84. The fraction of sp³-hybridized carbons (Fsp3) is 0.929. The van der Waals surface area contributed by atoms with Crippen LogP contribution in [0.25, 0.3) is 0 Å². The van der Waals surface area contributed by atoms with Gasteiger partial charge in [0.15, 0.2) is 5.78 Å². The molecular weight excluding hydrogens is 216 g/mol. The van der Waals surface area contributed by atoms with Crippen LogP contribution in [0, 0.1) is 0 Å². The summed E-state index contributed by atoms with van der Waals surface area (Å²) >= 11 is 0. The molecule has 0 saturated carbocycles. The Labute approximate surface area is 106 Å². The molecule has 17 heavy (non-hydrogen) atoms. The SMILES string of the molecule is CCCCCCCCCCC(=O)C(OC)OC. The normalized spacial score (nSPS) is 11.1. The summed E-state index contributed by atoms with van der Waals surface area (Å²) in [5.41, 5.74) is 0. The Bertz CT molecular complexity index is 176. The van der Waals surface area contributed by atoms with Gasteiger partial charge in [0.05, 0.1) is 0 Å². The summed E-state index contributed by atoms with van der Waals surface area (Å²) in [4.78, 5) is 11.5. The van der Waals surface area contributed by atoms with Crippen LogP contribution in [0.2, 0.25) is 0 Å². The molecule has 0 aromatic carbocycles. The molecule has 0 unspecified atom stereocenters. The molecule has 0 N–H and O–H groups in total. The van der Waals surface area contributed by atoms with Crippen molar-refractivity contribution in [1.82, 2.24) is 0 Å². The van der Waals surface area contributed by atoms with Gasteiger partial charge in [-0.3, -0.25) is 4.79 Å². The molecular formula is C14H28O3. The minimum Gasteiger partial charge on any atom is -0.349 e. The van der Waals surface area contributed by atoms with E-state index in [4.69, 9.17) is 9.47 Å². The summed E-state index contributed by atoms with van der Waals surface area (Å²) in [5, 5.41) is 0. The van der Waals surface area contributed by atoms with Gasteiger partial charge >= 0.3 is 0 Å². The zero-order valence-corrected chi connectivity index (χ0v) is 11.7. The van der Waals surface area contributed by atoms with Gasteiger partial charge in [-0.15, -0.1) is 0 Å². The lowest BCUT2D eigenvalue weighted by atomic mass is 10.1. The molecule has 0 aliphatic carbocycles. The van der Waals surface area contributed by atoms with Gasteiger partial charge in [-0.2, -0.15) is 0 Å². The molecule has 0 rings (SSSR count). The van der Waals surface area contributed by atoms with E-state index in [0.717, 1.165) is 12.8 Å². The van der Waals surface area contributed by atoms with Gasteiger partial charge in [-0.25, -0.2) is 0 Å². The molecule has 0 bridgehead atoms. The Balaban J connectivity index is 3.30. The van der Waals surface area contributed by atoms with E-state index in [1.807, 2.05) is 0 Å². The molecule has 0 spiro atoms. The van der Waals surface area contributed by atoms with E-state index < -0.39 is 6.29 Å². The van der Waals surface area contributed by atoms with Crippen LogP contribution in [0.4, 0.5) is 0 Å². The Kier molecular flexibility index (Phi) is 11.8. The molecule has 0 aromatic heterocycles. The first-order chi connectivity index (χ1) is 8.26. The van der Waals surface area contributed by atoms with Gasteiger partial charge in [-0.05, 0) is 6.42 Å². The Morgan fingerprint density at radius 2 is 1.35 bits per heavy atom. The molecule has 0 saturated heterocycles. The highest BCUT2D eigenvalue weighted by Gasteiger charge is 2.15. The molecule has 3 heteroatoms. The van der Waals surface area contributed by atoms with Crippen molar-refractivity contribution < 1.29 is 14.3 Å². The number of unbranched alkanes of at least 4 members (excludes halogenated alkanes) is 7. The number of hydrogen-bond acceptors (Lipinski definition) is 3. The third-order valence-electron chi connectivity index (χ3n) is 2.97. The maximum absolute atomic E-state index is 11.5. The zero-order chi connectivity index (χ0) is 12.9. The van der Waals surface area contributed by atoms with E-state index in [1.54, 1.807) is 0 Å². The van der Waals surface area contributed by atoms with Gasteiger partial charge in [0.1, 0.15) is 0 Å². The number of carbonyl (C=O) groups is 1. The summed E-state index contributed by atoms with van der Waals surface area (Å²) in [6.45, 7) is 2.23. The van der Waals surface area contributed by atoms with Crippen molar-refractivity contribution in [2.24, 2.45) is 0 Å². The maximum atomic E-state index is 11.5. The van der Waals surface area contributed by atoms with Crippen LogP contribution in [-0.4, -0.2) is 26.3 Å². The van der Waals surface area contributed by atoms with E-state index in [2.05, 4.69) is 6.92 Å². The van der Waals surface area contributed by atoms with Gasteiger partial charge in [0, 0.05) is 20.6 Å². The molecule has 0 aliphatic rings. The van der Waals surface area contributed by atoms with Gasteiger partial charge in [0.25, 0.3) is 0 Å². The van der Waals surface area contributed by atoms with Crippen molar-refractivity contribution in [3.8, 4) is 0 Å². The maximum Gasteiger partial charge on any atom is 0.217 e. The number of methoxy groups -OCH3 is 2. The zero-order valence-electron chi connectivity index (χ0n) is 11.7. The second-order valence-electron chi connectivity index (χ2n) is 4.49. The first-order valence-corrected chi connectivity index (χ1v) is 6.84. The summed E-state index contributed by atoms with van der Waals surface area (Å²) in [6, 6.07) is 0. The van der Waals surface area contributed by atoms with Crippen molar-refractivity contribution in [3.63, 3.8) is 0 Å². The van der Waals surface area contributed by atoms with Crippen molar-refractivity contribution in [2.45, 2.75) is 71.0 Å². The summed E-state index contributed by atoms with van der Waals surface area (Å²) in [6.07, 6.45) is 9.86. The fourth-order valence-corrected chi connectivity index (χ4v) is 1.91. The molecule has 0 aromatic rings. The third kappa shape index (κ3) is 9.31. The molecule has 3 nitrogen and oxygen atoms in total. The van der Waals surface area contributed by atoms with Crippen LogP contribution in [0.3, 0.4) is 0 Å². The highest BCUT2D eigenvalue weighted by Crippen LogP contribution is 2.10. The average molecular weight is 244 g/mol. The molecule has 0 heterocycles. The number of rotatable bonds is 12. The number of ketones is 1. The second-order valence-corrected chi connectivity index (χ2v) is 4.49. The van der Waals surface area contributed by atoms with Crippen molar-refractivity contribution in [2.75, 3.05) is 14.2 Å². The van der Waals surface area contributed by atoms with Crippen LogP contribution in [0.15, 0.2) is 0 Å². The smallest absolute Gasteiger partial charge is 0.217 e. The van der Waals surface area contributed by atoms with Crippen LogP contribution in [-0.2, 0) is 14.3 Å². The molecule has 0 aliphatic heterocycles. The lowest BCUT2D eigenvalue weighted by Gasteiger charge is -2.11. The molecule has 0 radical (unpaired) electrons. The predicted molar refractivity (Wildman–Crippen MR) is 70.0 cm³/mol. The minimum absolute atomic E-state index is 0.0565. The Morgan fingerprint density at radius 3 is 1.82 bits per heavy atom. The lowest BCUT2D eigenvalue weighted by molar-refractivity contribution is -0.156. The fourth-order valence-electron chi connectivity index (χ4n) is 1.91. The van der Waals surface area contributed by atoms with Crippen LogP contribution in [0.1, 0.15) is 64.7 Å². The molecule has 0 amide bonds. The van der Waals surface area contributed by atoms with E-state index in [0.29, 0.717) is 6.42 Å². The Morgan fingerprint density at radius 1 is 0.882 bits per heavy atom. The Hall–Kier alpha value is -0.410. The number of Topliss-reactive ketones (excluding diaryl/α,β-unsaturated/α-hetero) is 1. The third-order valence-corrected chi connectivity index (χ3v) is 2.97. The van der Waals surface area contributed by atoms with Gasteiger partial charge < -0.3 is 9.47 Å². The quantitative estimate of drug-likeness (QED) is 0.388. The van der Waals surface area contributed by atoms with E-state index in [9.17, 15) is 4.79 Å².